The molecule has 0 heterocycles. The van der Waals surface area contributed by atoms with Crippen molar-refractivity contribution in [1.82, 2.24) is 0 Å². The van der Waals surface area contributed by atoms with Gasteiger partial charge in [-0.3, -0.25) is 9.59 Å². The quantitative estimate of drug-likeness (QED) is 0.641. The molecule has 0 fully saturated rings. The van der Waals surface area contributed by atoms with Crippen LogP contribution in [-0.2, 0) is 4.79 Å². The second kappa shape index (κ2) is 8.91. The van der Waals surface area contributed by atoms with Crippen molar-refractivity contribution in [2.45, 2.75) is 32.1 Å². The van der Waals surface area contributed by atoms with Crippen molar-refractivity contribution in [1.29, 1.82) is 0 Å². The molecule has 1 aliphatic carbocycles. The highest BCUT2D eigenvalue weighted by atomic mass is 16.4. The van der Waals surface area contributed by atoms with Gasteiger partial charge in [-0.05, 0) is 44.2 Å². The molecule has 0 saturated carbocycles. The van der Waals surface area contributed by atoms with E-state index in [4.69, 9.17) is 10.2 Å². The third-order valence-corrected chi connectivity index (χ3v) is 3.18. The molecular formula is C16H20O4. The van der Waals surface area contributed by atoms with Crippen LogP contribution in [-0.4, -0.2) is 22.5 Å². The van der Waals surface area contributed by atoms with Crippen LogP contribution in [0.1, 0.15) is 42.5 Å². The maximum Gasteiger partial charge on any atom is 0.306 e. The highest BCUT2D eigenvalue weighted by molar-refractivity contribution is 5.78. The lowest BCUT2D eigenvalue weighted by Crippen LogP contribution is -2.13. The fraction of sp³-hybridized carbons (Fsp3) is 0.375. The average molecular weight is 276 g/mol. The molecule has 2 N–H and O–H groups in total. The Kier molecular flexibility index (Phi) is 7.11. The van der Waals surface area contributed by atoms with Gasteiger partial charge in [0.1, 0.15) is 5.75 Å². The second-order valence-electron chi connectivity index (χ2n) is 4.69. The zero-order valence-corrected chi connectivity index (χ0v) is 11.4. The lowest BCUT2D eigenvalue weighted by molar-refractivity contribution is -0.142. The molecule has 1 atom stereocenters. The number of hydrogen-bond acceptors (Lipinski definition) is 3. The average Bonchev–Trinajstić information content (AvgIpc) is 2.39. The van der Waals surface area contributed by atoms with Crippen molar-refractivity contribution in [2.24, 2.45) is 5.92 Å². The van der Waals surface area contributed by atoms with Crippen molar-refractivity contribution in [2.75, 3.05) is 0 Å². The standard InChI is InChI=1S/C9H14O2.C7H6O2/c10-9(11)8-6-4-2-1-3-5-7-8;8-5-6-3-1-2-4-7(6)9/h1-2,8H,3-7H2,(H,10,11);1-5,9H. The predicted molar refractivity (Wildman–Crippen MR) is 76.8 cm³/mol. The molecule has 1 unspecified atom stereocenters. The number of phenols is 1. The molecule has 20 heavy (non-hydrogen) atoms. The Balaban J connectivity index is 0.000000204. The molecular weight excluding hydrogens is 256 g/mol. The molecule has 1 aromatic carbocycles. The summed E-state index contributed by atoms with van der Waals surface area (Å²) in [5, 5.41) is 17.6. The number of para-hydroxylation sites is 1. The van der Waals surface area contributed by atoms with Crippen LogP contribution < -0.4 is 0 Å². The Bertz CT molecular complexity index is 465. The van der Waals surface area contributed by atoms with Gasteiger partial charge >= 0.3 is 5.97 Å². The lowest BCUT2D eigenvalue weighted by atomic mass is 9.94. The summed E-state index contributed by atoms with van der Waals surface area (Å²) in [5.41, 5.74) is 0.331. The van der Waals surface area contributed by atoms with E-state index in [2.05, 4.69) is 12.2 Å². The molecule has 0 spiro atoms. The van der Waals surface area contributed by atoms with E-state index in [0.717, 1.165) is 32.1 Å². The van der Waals surface area contributed by atoms with Crippen LogP contribution in [0.5, 0.6) is 5.75 Å². The number of allylic oxidation sites excluding steroid dienone is 2. The minimum Gasteiger partial charge on any atom is -0.507 e. The van der Waals surface area contributed by atoms with Gasteiger partial charge in [0.25, 0.3) is 0 Å². The summed E-state index contributed by atoms with van der Waals surface area (Å²) >= 11 is 0. The Morgan fingerprint density at radius 1 is 1.15 bits per heavy atom. The molecule has 0 aromatic heterocycles. The summed E-state index contributed by atoms with van der Waals surface area (Å²) in [4.78, 5) is 20.7. The third kappa shape index (κ3) is 5.69. The maximum atomic E-state index is 10.6. The molecule has 2 rings (SSSR count). The van der Waals surface area contributed by atoms with Crippen molar-refractivity contribution < 1.29 is 19.8 Å². The van der Waals surface area contributed by atoms with E-state index in [-0.39, 0.29) is 11.7 Å². The fourth-order valence-electron chi connectivity index (χ4n) is 1.99. The van der Waals surface area contributed by atoms with Crippen molar-refractivity contribution >= 4 is 12.3 Å². The van der Waals surface area contributed by atoms with E-state index < -0.39 is 5.97 Å². The summed E-state index contributed by atoms with van der Waals surface area (Å²) in [6.07, 6.45) is 9.52. The van der Waals surface area contributed by atoms with E-state index in [0.29, 0.717) is 11.8 Å². The fourth-order valence-corrected chi connectivity index (χ4v) is 1.99. The number of carbonyl (C=O) groups is 2. The minimum absolute atomic E-state index is 0.0347. The minimum atomic E-state index is -0.625. The molecule has 1 aliphatic rings. The molecule has 0 amide bonds. The largest absolute Gasteiger partial charge is 0.507 e. The Labute approximate surface area is 118 Å². The monoisotopic (exact) mass is 276 g/mol. The zero-order valence-electron chi connectivity index (χ0n) is 11.4. The van der Waals surface area contributed by atoms with E-state index in [1.54, 1.807) is 18.2 Å². The summed E-state index contributed by atoms with van der Waals surface area (Å²) in [6.45, 7) is 0. The number of benzene rings is 1. The van der Waals surface area contributed by atoms with Crippen molar-refractivity contribution in [3.05, 3.63) is 42.0 Å². The molecule has 1 aromatic rings. The molecule has 0 saturated heterocycles. The SMILES string of the molecule is O=C(O)C1CCC=CCCC1.O=Cc1ccccc1O. The number of aromatic hydroxyl groups is 1. The number of aliphatic carboxylic acids is 1. The molecule has 0 radical (unpaired) electrons. The van der Waals surface area contributed by atoms with E-state index in [1.165, 1.54) is 6.07 Å². The third-order valence-electron chi connectivity index (χ3n) is 3.18. The molecule has 4 nitrogen and oxygen atoms in total. The van der Waals surface area contributed by atoms with Crippen LogP contribution in [0.25, 0.3) is 0 Å². The van der Waals surface area contributed by atoms with E-state index in [1.807, 2.05) is 0 Å². The first-order valence-electron chi connectivity index (χ1n) is 6.76. The van der Waals surface area contributed by atoms with Gasteiger partial charge in [0, 0.05) is 0 Å². The number of carboxylic acid groups (broad SMARTS) is 1. The molecule has 108 valence electrons. The lowest BCUT2D eigenvalue weighted by Gasteiger charge is -2.11. The zero-order chi connectivity index (χ0) is 14.8. The van der Waals surface area contributed by atoms with E-state index >= 15 is 0 Å². The number of phenolic OH excluding ortho intramolecular Hbond substituents is 1. The van der Waals surface area contributed by atoms with Crippen LogP contribution >= 0.6 is 0 Å². The first-order chi connectivity index (χ1) is 9.65. The normalized spacial score (nSPS) is 18.1. The maximum absolute atomic E-state index is 10.6. The van der Waals surface area contributed by atoms with Crippen molar-refractivity contribution in [3.8, 4) is 5.75 Å². The predicted octanol–water partition coefficient (Wildman–Crippen LogP) is 3.41. The van der Waals surface area contributed by atoms with Gasteiger partial charge < -0.3 is 10.2 Å². The topological polar surface area (TPSA) is 74.6 Å². The summed E-state index contributed by atoms with van der Waals surface area (Å²) < 4.78 is 0. The molecule has 4 heteroatoms. The summed E-state index contributed by atoms with van der Waals surface area (Å²) in [6, 6.07) is 6.40. The van der Waals surface area contributed by atoms with Gasteiger partial charge in [-0.1, -0.05) is 24.3 Å². The first-order valence-corrected chi connectivity index (χ1v) is 6.76. The smallest absolute Gasteiger partial charge is 0.306 e. The van der Waals surface area contributed by atoms with Crippen molar-refractivity contribution in [3.63, 3.8) is 0 Å². The van der Waals surface area contributed by atoms with E-state index in [9.17, 15) is 9.59 Å². The van der Waals surface area contributed by atoms with Gasteiger partial charge in [0.2, 0.25) is 0 Å². The molecule has 0 aliphatic heterocycles. The number of carbonyl (C=O) groups excluding carboxylic acids is 1. The Hall–Kier alpha value is -2.10. The van der Waals surface area contributed by atoms with Crippen LogP contribution in [0.4, 0.5) is 0 Å². The van der Waals surface area contributed by atoms with Crippen LogP contribution in [0.15, 0.2) is 36.4 Å². The summed E-state index contributed by atoms with van der Waals surface area (Å²) in [5.74, 6) is -0.687. The Morgan fingerprint density at radius 3 is 2.45 bits per heavy atom. The van der Waals surface area contributed by atoms with Gasteiger partial charge in [-0.2, -0.15) is 0 Å². The number of hydrogen-bond donors (Lipinski definition) is 2. The molecule has 0 bridgehead atoms. The van der Waals surface area contributed by atoms with Gasteiger partial charge in [0.15, 0.2) is 6.29 Å². The van der Waals surface area contributed by atoms with Crippen LogP contribution in [0, 0.1) is 5.92 Å². The first kappa shape index (κ1) is 16.0. The number of rotatable bonds is 2. The van der Waals surface area contributed by atoms with Gasteiger partial charge in [-0.25, -0.2) is 0 Å². The Morgan fingerprint density at radius 2 is 1.85 bits per heavy atom. The van der Waals surface area contributed by atoms with Crippen LogP contribution in [0.2, 0.25) is 0 Å². The van der Waals surface area contributed by atoms with Gasteiger partial charge in [-0.15, -0.1) is 0 Å². The number of aldehydes is 1. The number of carboxylic acids is 1. The highest BCUT2D eigenvalue weighted by Gasteiger charge is 2.16. The second-order valence-corrected chi connectivity index (χ2v) is 4.69. The highest BCUT2D eigenvalue weighted by Crippen LogP contribution is 2.18. The summed E-state index contributed by atoms with van der Waals surface area (Å²) in [7, 11) is 0. The van der Waals surface area contributed by atoms with Crippen LogP contribution in [0.3, 0.4) is 0 Å². The van der Waals surface area contributed by atoms with Gasteiger partial charge in [0.05, 0.1) is 11.5 Å².